The molecule has 1 saturated carbocycles. The lowest BCUT2D eigenvalue weighted by molar-refractivity contribution is 0.275. The van der Waals surface area contributed by atoms with Gasteiger partial charge in [-0.25, -0.2) is 0 Å². The van der Waals surface area contributed by atoms with Crippen molar-refractivity contribution in [3.63, 3.8) is 0 Å². The van der Waals surface area contributed by atoms with E-state index in [1.807, 2.05) is 18.7 Å². The minimum atomic E-state index is 0.0619. The number of aliphatic hydroxyl groups is 1. The number of aryl methyl sites for hydroxylation is 1. The summed E-state index contributed by atoms with van der Waals surface area (Å²) >= 11 is 0. The topological polar surface area (TPSA) is 38.1 Å². The number of aliphatic hydroxyl groups excluding tert-OH is 1. The van der Waals surface area contributed by atoms with E-state index >= 15 is 0 Å². The molecule has 0 aromatic carbocycles. The lowest BCUT2D eigenvalue weighted by Gasteiger charge is -1.98. The summed E-state index contributed by atoms with van der Waals surface area (Å²) in [7, 11) is 1.96. The Morgan fingerprint density at radius 1 is 1.58 bits per heavy atom. The van der Waals surface area contributed by atoms with Crippen LogP contribution in [-0.4, -0.2) is 14.9 Å². The molecule has 66 valence electrons. The van der Waals surface area contributed by atoms with Crippen molar-refractivity contribution in [3.05, 3.63) is 17.0 Å². The van der Waals surface area contributed by atoms with Crippen LogP contribution in [0.2, 0.25) is 0 Å². The average Bonchev–Trinajstić information content (AvgIpc) is 2.80. The first-order chi connectivity index (χ1) is 5.74. The highest BCUT2D eigenvalue weighted by Gasteiger charge is 2.29. The molecule has 1 heterocycles. The summed E-state index contributed by atoms with van der Waals surface area (Å²) < 4.78 is 1.92. The van der Waals surface area contributed by atoms with Crippen molar-refractivity contribution in [2.45, 2.75) is 32.3 Å². The number of aromatic nitrogens is 2. The van der Waals surface area contributed by atoms with Crippen molar-refractivity contribution in [2.24, 2.45) is 7.05 Å². The fourth-order valence-corrected chi connectivity index (χ4v) is 1.78. The summed E-state index contributed by atoms with van der Waals surface area (Å²) in [4.78, 5) is 0. The van der Waals surface area contributed by atoms with Gasteiger partial charge < -0.3 is 5.11 Å². The Kier molecular flexibility index (Phi) is 1.68. The van der Waals surface area contributed by atoms with Gasteiger partial charge in [-0.05, 0) is 25.3 Å². The standard InChI is InChI=1S/C9H14N2O/c1-6-8(5-12)10-11(2)9(6)7-3-4-7/h7,12H,3-5H2,1-2H3. The van der Waals surface area contributed by atoms with Gasteiger partial charge >= 0.3 is 0 Å². The van der Waals surface area contributed by atoms with Gasteiger partial charge in [0, 0.05) is 18.7 Å². The van der Waals surface area contributed by atoms with Crippen LogP contribution in [0.5, 0.6) is 0 Å². The van der Waals surface area contributed by atoms with E-state index in [4.69, 9.17) is 5.11 Å². The van der Waals surface area contributed by atoms with Crippen LogP contribution in [0.1, 0.15) is 35.7 Å². The maximum atomic E-state index is 8.98. The summed E-state index contributed by atoms with van der Waals surface area (Å²) in [5, 5.41) is 13.2. The van der Waals surface area contributed by atoms with Crippen molar-refractivity contribution in [1.82, 2.24) is 9.78 Å². The normalized spacial score (nSPS) is 16.9. The van der Waals surface area contributed by atoms with Crippen molar-refractivity contribution >= 4 is 0 Å². The maximum Gasteiger partial charge on any atom is 0.0910 e. The van der Waals surface area contributed by atoms with Crippen molar-refractivity contribution in [1.29, 1.82) is 0 Å². The van der Waals surface area contributed by atoms with Gasteiger partial charge in [-0.2, -0.15) is 5.10 Å². The summed E-state index contributed by atoms with van der Waals surface area (Å²) in [6.07, 6.45) is 2.57. The van der Waals surface area contributed by atoms with Gasteiger partial charge in [0.25, 0.3) is 0 Å². The maximum absolute atomic E-state index is 8.98. The summed E-state index contributed by atoms with van der Waals surface area (Å²) in [5.41, 5.74) is 3.33. The Morgan fingerprint density at radius 2 is 2.25 bits per heavy atom. The summed E-state index contributed by atoms with van der Waals surface area (Å²) in [6.45, 7) is 2.11. The Labute approximate surface area is 72.0 Å². The van der Waals surface area contributed by atoms with Crippen LogP contribution in [0, 0.1) is 6.92 Å². The second-order valence-electron chi connectivity index (χ2n) is 3.51. The molecule has 12 heavy (non-hydrogen) atoms. The SMILES string of the molecule is Cc1c(CO)nn(C)c1C1CC1. The fraction of sp³-hybridized carbons (Fsp3) is 0.667. The minimum absolute atomic E-state index is 0.0619. The first-order valence-electron chi connectivity index (χ1n) is 4.37. The number of rotatable bonds is 2. The van der Waals surface area contributed by atoms with Crippen molar-refractivity contribution < 1.29 is 5.11 Å². The third kappa shape index (κ3) is 1.05. The molecule has 1 aliphatic rings. The molecule has 0 amide bonds. The van der Waals surface area contributed by atoms with E-state index in [0.29, 0.717) is 5.92 Å². The van der Waals surface area contributed by atoms with Gasteiger partial charge in [0.15, 0.2) is 0 Å². The van der Waals surface area contributed by atoms with Crippen LogP contribution in [0.4, 0.5) is 0 Å². The molecule has 3 nitrogen and oxygen atoms in total. The Bertz CT molecular complexity index is 300. The van der Waals surface area contributed by atoms with Crippen LogP contribution in [0.3, 0.4) is 0 Å². The molecular formula is C9H14N2O. The van der Waals surface area contributed by atoms with E-state index in [2.05, 4.69) is 5.10 Å². The third-order valence-electron chi connectivity index (χ3n) is 2.55. The molecule has 0 saturated heterocycles. The number of hydrogen-bond donors (Lipinski definition) is 1. The van der Waals surface area contributed by atoms with Crippen LogP contribution in [0.15, 0.2) is 0 Å². The average molecular weight is 166 g/mol. The first-order valence-corrected chi connectivity index (χ1v) is 4.37. The highest BCUT2D eigenvalue weighted by Crippen LogP contribution is 2.41. The summed E-state index contributed by atoms with van der Waals surface area (Å²) in [5.74, 6) is 0.711. The van der Waals surface area contributed by atoms with Crippen molar-refractivity contribution in [3.8, 4) is 0 Å². The Hall–Kier alpha value is -0.830. The van der Waals surface area contributed by atoms with E-state index in [9.17, 15) is 0 Å². The molecule has 1 N–H and O–H groups in total. The molecule has 3 heteroatoms. The number of nitrogens with zero attached hydrogens (tertiary/aromatic N) is 2. The molecule has 0 bridgehead atoms. The largest absolute Gasteiger partial charge is 0.390 e. The second kappa shape index (κ2) is 2.59. The van der Waals surface area contributed by atoms with Crippen LogP contribution < -0.4 is 0 Å². The molecule has 0 unspecified atom stereocenters. The molecule has 0 radical (unpaired) electrons. The predicted molar refractivity (Wildman–Crippen MR) is 45.8 cm³/mol. The van der Waals surface area contributed by atoms with Crippen LogP contribution in [0.25, 0.3) is 0 Å². The van der Waals surface area contributed by atoms with Gasteiger partial charge in [0.05, 0.1) is 12.3 Å². The van der Waals surface area contributed by atoms with E-state index in [1.165, 1.54) is 24.1 Å². The van der Waals surface area contributed by atoms with Crippen molar-refractivity contribution in [2.75, 3.05) is 0 Å². The monoisotopic (exact) mass is 166 g/mol. The molecular weight excluding hydrogens is 152 g/mol. The first kappa shape index (κ1) is 7.80. The summed E-state index contributed by atoms with van der Waals surface area (Å²) in [6, 6.07) is 0. The molecule has 1 aromatic rings. The molecule has 0 aliphatic heterocycles. The highest BCUT2D eigenvalue weighted by atomic mass is 16.3. The predicted octanol–water partition coefficient (Wildman–Crippen LogP) is 1.10. The van der Waals surface area contributed by atoms with Gasteiger partial charge in [-0.3, -0.25) is 4.68 Å². The molecule has 1 aromatic heterocycles. The zero-order valence-electron chi connectivity index (χ0n) is 7.54. The second-order valence-corrected chi connectivity index (χ2v) is 3.51. The minimum Gasteiger partial charge on any atom is -0.390 e. The quantitative estimate of drug-likeness (QED) is 0.714. The molecule has 2 rings (SSSR count). The molecule has 0 atom stereocenters. The van der Waals surface area contributed by atoms with Crippen LogP contribution >= 0.6 is 0 Å². The lowest BCUT2D eigenvalue weighted by atomic mass is 10.1. The zero-order valence-corrected chi connectivity index (χ0v) is 7.54. The smallest absolute Gasteiger partial charge is 0.0910 e. The van der Waals surface area contributed by atoms with Crippen LogP contribution in [-0.2, 0) is 13.7 Å². The van der Waals surface area contributed by atoms with Gasteiger partial charge in [-0.1, -0.05) is 0 Å². The zero-order chi connectivity index (χ0) is 8.72. The Morgan fingerprint density at radius 3 is 2.67 bits per heavy atom. The van der Waals surface area contributed by atoms with E-state index < -0.39 is 0 Å². The van der Waals surface area contributed by atoms with E-state index in [0.717, 1.165) is 5.69 Å². The third-order valence-corrected chi connectivity index (χ3v) is 2.55. The lowest BCUT2D eigenvalue weighted by Crippen LogP contribution is -1.96. The molecule has 0 spiro atoms. The van der Waals surface area contributed by atoms with E-state index in [1.54, 1.807) is 0 Å². The van der Waals surface area contributed by atoms with E-state index in [-0.39, 0.29) is 6.61 Å². The highest BCUT2D eigenvalue weighted by molar-refractivity contribution is 5.29. The molecule has 1 aliphatic carbocycles. The molecule has 1 fully saturated rings. The van der Waals surface area contributed by atoms with Gasteiger partial charge in [0.2, 0.25) is 0 Å². The van der Waals surface area contributed by atoms with Gasteiger partial charge in [-0.15, -0.1) is 0 Å². The number of hydrogen-bond acceptors (Lipinski definition) is 2. The van der Waals surface area contributed by atoms with Gasteiger partial charge in [0.1, 0.15) is 0 Å². The fourth-order valence-electron chi connectivity index (χ4n) is 1.78. The Balaban J connectivity index is 2.44.